The molecule has 1 saturated heterocycles. The van der Waals surface area contributed by atoms with Gasteiger partial charge in [-0.2, -0.15) is 5.26 Å². The molecule has 0 spiro atoms. The van der Waals surface area contributed by atoms with Crippen molar-refractivity contribution >= 4 is 5.91 Å². The second-order valence-corrected chi connectivity index (χ2v) is 7.01. The summed E-state index contributed by atoms with van der Waals surface area (Å²) in [7, 11) is 2.10. The molecule has 1 unspecified atom stereocenters. The van der Waals surface area contributed by atoms with Gasteiger partial charge in [-0.25, -0.2) is 0 Å². The number of carbonyl (C=O) groups excluding carboxylic acids is 1. The number of amides is 1. The van der Waals surface area contributed by atoms with Crippen molar-refractivity contribution in [3.8, 4) is 11.8 Å². The first-order chi connectivity index (χ1) is 13.0. The van der Waals surface area contributed by atoms with Gasteiger partial charge in [-0.05, 0) is 70.1 Å². The molecule has 0 aliphatic carbocycles. The number of likely N-dealkylation sites (tertiary alicyclic amines) is 1. The average Bonchev–Trinajstić information content (AvgIpc) is 3.07. The van der Waals surface area contributed by atoms with E-state index in [0.717, 1.165) is 19.4 Å². The molecule has 6 nitrogen and oxygen atoms in total. The molecule has 1 amide bonds. The van der Waals surface area contributed by atoms with E-state index in [0.29, 0.717) is 29.5 Å². The lowest BCUT2D eigenvalue weighted by Crippen LogP contribution is -2.35. The highest BCUT2D eigenvalue weighted by atomic mass is 16.2. The number of aryl methyl sites for hydroxylation is 1. The Kier molecular flexibility index (Phi) is 5.72. The zero-order chi connectivity index (χ0) is 19.4. The average molecular weight is 364 g/mol. The minimum atomic E-state index is -0.374. The molecule has 2 heterocycles. The Morgan fingerprint density at radius 1 is 1.33 bits per heavy atom. The highest BCUT2D eigenvalue weighted by Gasteiger charge is 2.21. The maximum absolute atomic E-state index is 12.9. The van der Waals surface area contributed by atoms with E-state index in [1.807, 2.05) is 0 Å². The van der Waals surface area contributed by atoms with Crippen LogP contribution < -0.4 is 10.9 Å². The summed E-state index contributed by atoms with van der Waals surface area (Å²) in [5.74, 6) is -0.356. The predicted octanol–water partition coefficient (Wildman–Crippen LogP) is 2.23. The van der Waals surface area contributed by atoms with Gasteiger partial charge in [-0.1, -0.05) is 6.07 Å². The summed E-state index contributed by atoms with van der Waals surface area (Å²) >= 11 is 0. The van der Waals surface area contributed by atoms with Crippen molar-refractivity contribution < 1.29 is 4.79 Å². The van der Waals surface area contributed by atoms with Crippen LogP contribution in [0.15, 0.2) is 41.2 Å². The molecule has 1 N–H and O–H groups in total. The standard InChI is InChI=1S/C21H24N4O2/c1-15-8-9-19(20(26)23-11-10-17-7-4-12-24(17)2)21(27)25(15)18-6-3-5-16(13-18)14-22/h3,5-6,8-9,13,17H,4,7,10-12H2,1-2H3,(H,23,26). The van der Waals surface area contributed by atoms with Gasteiger partial charge in [0.15, 0.2) is 0 Å². The van der Waals surface area contributed by atoms with Crippen LogP contribution in [0.2, 0.25) is 0 Å². The Hall–Kier alpha value is -2.91. The number of nitrogens with zero attached hydrogens (tertiary/aromatic N) is 3. The van der Waals surface area contributed by atoms with Gasteiger partial charge in [0.05, 0.1) is 17.3 Å². The third-order valence-corrected chi connectivity index (χ3v) is 5.19. The van der Waals surface area contributed by atoms with Crippen LogP contribution in [-0.2, 0) is 0 Å². The molecular formula is C21H24N4O2. The van der Waals surface area contributed by atoms with Crippen molar-refractivity contribution in [1.29, 1.82) is 5.26 Å². The molecule has 140 valence electrons. The first kappa shape index (κ1) is 18.9. The van der Waals surface area contributed by atoms with Crippen molar-refractivity contribution in [2.75, 3.05) is 20.1 Å². The van der Waals surface area contributed by atoms with Crippen LogP contribution >= 0.6 is 0 Å². The van der Waals surface area contributed by atoms with Gasteiger partial charge in [0.1, 0.15) is 5.56 Å². The number of hydrogen-bond donors (Lipinski definition) is 1. The molecule has 1 aromatic carbocycles. The maximum Gasteiger partial charge on any atom is 0.268 e. The third-order valence-electron chi connectivity index (χ3n) is 5.19. The Labute approximate surface area is 159 Å². The van der Waals surface area contributed by atoms with Crippen LogP contribution in [0.3, 0.4) is 0 Å². The smallest absolute Gasteiger partial charge is 0.268 e. The summed E-state index contributed by atoms with van der Waals surface area (Å²) in [6.07, 6.45) is 3.23. The number of benzene rings is 1. The summed E-state index contributed by atoms with van der Waals surface area (Å²) in [6, 6.07) is 12.7. The lowest BCUT2D eigenvalue weighted by Gasteiger charge is -2.19. The Balaban J connectivity index is 1.79. The summed E-state index contributed by atoms with van der Waals surface area (Å²) in [6.45, 7) is 3.45. The van der Waals surface area contributed by atoms with E-state index in [9.17, 15) is 9.59 Å². The first-order valence-electron chi connectivity index (χ1n) is 9.23. The van der Waals surface area contributed by atoms with Gasteiger partial charge in [0.25, 0.3) is 11.5 Å². The van der Waals surface area contributed by atoms with Crippen LogP contribution in [-0.4, -0.2) is 41.6 Å². The summed E-state index contributed by atoms with van der Waals surface area (Å²) < 4.78 is 1.47. The molecule has 3 rings (SSSR count). The fourth-order valence-corrected chi connectivity index (χ4v) is 3.63. The topological polar surface area (TPSA) is 78.1 Å². The summed E-state index contributed by atoms with van der Waals surface area (Å²) in [5, 5.41) is 12.0. The normalized spacial score (nSPS) is 16.9. The maximum atomic E-state index is 12.9. The molecule has 0 bridgehead atoms. The van der Waals surface area contributed by atoms with Crippen molar-refractivity contribution in [3.05, 3.63) is 63.6 Å². The third kappa shape index (κ3) is 4.09. The van der Waals surface area contributed by atoms with Gasteiger partial charge >= 0.3 is 0 Å². The number of hydrogen-bond acceptors (Lipinski definition) is 4. The number of pyridine rings is 1. The molecule has 2 aromatic rings. The summed E-state index contributed by atoms with van der Waals surface area (Å²) in [5.41, 5.74) is 1.50. The predicted molar refractivity (Wildman–Crippen MR) is 104 cm³/mol. The molecule has 1 aliphatic rings. The lowest BCUT2D eigenvalue weighted by molar-refractivity contribution is 0.0948. The molecule has 27 heavy (non-hydrogen) atoms. The van der Waals surface area contributed by atoms with Crippen LogP contribution in [0, 0.1) is 18.3 Å². The first-order valence-corrected chi connectivity index (χ1v) is 9.23. The van der Waals surface area contributed by atoms with Crippen LogP contribution in [0.5, 0.6) is 0 Å². The van der Waals surface area contributed by atoms with Crippen LogP contribution in [0.1, 0.15) is 40.9 Å². The van der Waals surface area contributed by atoms with E-state index in [1.54, 1.807) is 43.3 Å². The minimum Gasteiger partial charge on any atom is -0.352 e. The zero-order valence-electron chi connectivity index (χ0n) is 15.7. The van der Waals surface area contributed by atoms with Crippen LogP contribution in [0.25, 0.3) is 5.69 Å². The minimum absolute atomic E-state index is 0.114. The number of nitriles is 1. The van der Waals surface area contributed by atoms with E-state index in [1.165, 1.54) is 11.0 Å². The van der Waals surface area contributed by atoms with Crippen molar-refractivity contribution in [1.82, 2.24) is 14.8 Å². The highest BCUT2D eigenvalue weighted by Crippen LogP contribution is 2.17. The van der Waals surface area contributed by atoms with E-state index in [2.05, 4.69) is 23.3 Å². The number of carbonyl (C=O) groups is 1. The highest BCUT2D eigenvalue weighted by molar-refractivity contribution is 5.93. The van der Waals surface area contributed by atoms with E-state index >= 15 is 0 Å². The van der Waals surface area contributed by atoms with Crippen molar-refractivity contribution in [2.24, 2.45) is 0 Å². The Bertz CT molecular complexity index is 942. The molecule has 1 aromatic heterocycles. The van der Waals surface area contributed by atoms with Crippen LogP contribution in [0.4, 0.5) is 0 Å². The quantitative estimate of drug-likeness (QED) is 0.882. The molecule has 6 heteroatoms. The number of rotatable bonds is 5. The second-order valence-electron chi connectivity index (χ2n) is 7.01. The fourth-order valence-electron chi connectivity index (χ4n) is 3.63. The Morgan fingerprint density at radius 2 is 2.15 bits per heavy atom. The molecule has 0 saturated carbocycles. The number of aromatic nitrogens is 1. The zero-order valence-corrected chi connectivity index (χ0v) is 15.7. The van der Waals surface area contributed by atoms with Gasteiger partial charge in [0.2, 0.25) is 0 Å². The lowest BCUT2D eigenvalue weighted by atomic mass is 10.1. The molecule has 1 atom stereocenters. The second kappa shape index (κ2) is 8.19. The van der Waals surface area contributed by atoms with E-state index in [-0.39, 0.29) is 17.0 Å². The SMILES string of the molecule is Cc1ccc(C(=O)NCCC2CCCN2C)c(=O)n1-c1cccc(C#N)c1. The summed E-state index contributed by atoms with van der Waals surface area (Å²) in [4.78, 5) is 27.8. The number of nitrogens with one attached hydrogen (secondary N) is 1. The van der Waals surface area contributed by atoms with Gasteiger partial charge in [-0.3, -0.25) is 14.2 Å². The molecule has 1 fully saturated rings. The Morgan fingerprint density at radius 3 is 2.85 bits per heavy atom. The van der Waals surface area contributed by atoms with E-state index < -0.39 is 0 Å². The van der Waals surface area contributed by atoms with Gasteiger partial charge in [-0.15, -0.1) is 0 Å². The van der Waals surface area contributed by atoms with Gasteiger partial charge in [0, 0.05) is 18.3 Å². The monoisotopic (exact) mass is 364 g/mol. The van der Waals surface area contributed by atoms with Gasteiger partial charge < -0.3 is 10.2 Å². The van der Waals surface area contributed by atoms with Crippen molar-refractivity contribution in [2.45, 2.75) is 32.2 Å². The largest absolute Gasteiger partial charge is 0.352 e. The molecule has 1 aliphatic heterocycles. The van der Waals surface area contributed by atoms with Crippen molar-refractivity contribution in [3.63, 3.8) is 0 Å². The molecule has 0 radical (unpaired) electrons. The van der Waals surface area contributed by atoms with E-state index in [4.69, 9.17) is 5.26 Å². The fraction of sp³-hybridized carbons (Fsp3) is 0.381. The molecular weight excluding hydrogens is 340 g/mol.